The fourth-order valence-corrected chi connectivity index (χ4v) is 3.06. The van der Waals surface area contributed by atoms with Gasteiger partial charge in [0, 0.05) is 18.2 Å². The summed E-state index contributed by atoms with van der Waals surface area (Å²) in [4.78, 5) is 25.4. The van der Waals surface area contributed by atoms with E-state index in [-0.39, 0.29) is 17.5 Å². The molecule has 0 aliphatic heterocycles. The minimum atomic E-state index is -0.378. The van der Waals surface area contributed by atoms with Gasteiger partial charge >= 0.3 is 0 Å². The molecule has 0 fully saturated rings. The molecular formula is C25H26N2O4. The first-order valence-corrected chi connectivity index (χ1v) is 10.1. The first-order valence-electron chi connectivity index (χ1n) is 10.1. The van der Waals surface area contributed by atoms with Crippen molar-refractivity contribution in [1.82, 2.24) is 10.6 Å². The van der Waals surface area contributed by atoms with E-state index in [1.165, 1.54) is 12.3 Å². The quantitative estimate of drug-likeness (QED) is 0.405. The van der Waals surface area contributed by atoms with Crippen LogP contribution >= 0.6 is 0 Å². The van der Waals surface area contributed by atoms with Crippen LogP contribution in [0.3, 0.4) is 0 Å². The SMILES string of the molecule is COc1ccccc1CCCNC(=O)/C(=C/c1ccco1)NC(=O)c1ccc(C)cc1. The number of nitrogens with one attached hydrogen (secondary N) is 2. The highest BCUT2D eigenvalue weighted by atomic mass is 16.5. The second kappa shape index (κ2) is 10.8. The normalized spacial score (nSPS) is 11.1. The largest absolute Gasteiger partial charge is 0.496 e. The number of hydrogen-bond acceptors (Lipinski definition) is 4. The van der Waals surface area contributed by atoms with Crippen LogP contribution in [0.1, 0.15) is 33.7 Å². The molecule has 3 rings (SSSR count). The minimum absolute atomic E-state index is 0.123. The molecule has 2 aromatic carbocycles. The predicted molar refractivity (Wildman–Crippen MR) is 120 cm³/mol. The molecule has 0 aliphatic rings. The Hall–Kier alpha value is -3.80. The summed E-state index contributed by atoms with van der Waals surface area (Å²) in [5, 5.41) is 5.56. The van der Waals surface area contributed by atoms with Crippen molar-refractivity contribution in [2.45, 2.75) is 19.8 Å². The molecule has 6 nitrogen and oxygen atoms in total. The molecule has 6 heteroatoms. The lowest BCUT2D eigenvalue weighted by Gasteiger charge is -2.12. The van der Waals surface area contributed by atoms with Crippen LogP contribution in [-0.4, -0.2) is 25.5 Å². The highest BCUT2D eigenvalue weighted by Crippen LogP contribution is 2.18. The molecule has 1 aromatic heterocycles. The predicted octanol–water partition coefficient (Wildman–Crippen LogP) is 4.12. The number of ether oxygens (including phenoxy) is 1. The van der Waals surface area contributed by atoms with Crippen LogP contribution in [-0.2, 0) is 11.2 Å². The zero-order valence-corrected chi connectivity index (χ0v) is 17.7. The third-order valence-corrected chi connectivity index (χ3v) is 4.74. The second-order valence-electron chi connectivity index (χ2n) is 7.06. The molecule has 0 spiro atoms. The molecule has 0 atom stereocenters. The number of methoxy groups -OCH3 is 1. The van der Waals surface area contributed by atoms with E-state index in [0.29, 0.717) is 17.9 Å². The van der Waals surface area contributed by atoms with Gasteiger partial charge in [-0.15, -0.1) is 0 Å². The topological polar surface area (TPSA) is 80.6 Å². The Kier molecular flexibility index (Phi) is 7.65. The molecule has 0 radical (unpaired) electrons. The van der Waals surface area contributed by atoms with E-state index in [1.54, 1.807) is 31.4 Å². The van der Waals surface area contributed by atoms with Crippen molar-refractivity contribution in [3.05, 3.63) is 95.1 Å². The van der Waals surface area contributed by atoms with Crippen molar-refractivity contribution in [2.75, 3.05) is 13.7 Å². The Balaban J connectivity index is 1.62. The van der Waals surface area contributed by atoms with Gasteiger partial charge in [-0.2, -0.15) is 0 Å². The minimum Gasteiger partial charge on any atom is -0.496 e. The number of amides is 2. The maximum Gasteiger partial charge on any atom is 0.267 e. The number of furan rings is 1. The fourth-order valence-electron chi connectivity index (χ4n) is 3.06. The van der Waals surface area contributed by atoms with E-state index in [0.717, 1.165) is 29.7 Å². The van der Waals surface area contributed by atoms with Crippen molar-refractivity contribution >= 4 is 17.9 Å². The lowest BCUT2D eigenvalue weighted by molar-refractivity contribution is -0.117. The number of para-hydroxylation sites is 1. The van der Waals surface area contributed by atoms with Crippen LogP contribution in [0.2, 0.25) is 0 Å². The first-order chi connectivity index (χ1) is 15.1. The zero-order chi connectivity index (χ0) is 22.1. The van der Waals surface area contributed by atoms with Gasteiger partial charge in [-0.25, -0.2) is 0 Å². The summed E-state index contributed by atoms with van der Waals surface area (Å²) < 4.78 is 10.7. The third kappa shape index (κ3) is 6.34. The number of aryl methyl sites for hydroxylation is 2. The van der Waals surface area contributed by atoms with E-state index < -0.39 is 0 Å². The fraction of sp³-hybridized carbons (Fsp3) is 0.200. The average molecular weight is 418 g/mol. The molecule has 2 amide bonds. The maximum atomic E-state index is 12.8. The molecule has 3 aromatic rings. The molecular weight excluding hydrogens is 392 g/mol. The zero-order valence-electron chi connectivity index (χ0n) is 17.7. The van der Waals surface area contributed by atoms with Crippen LogP contribution in [0, 0.1) is 6.92 Å². The molecule has 160 valence electrons. The number of rotatable bonds is 9. The summed E-state index contributed by atoms with van der Waals surface area (Å²) in [6.45, 7) is 2.40. The van der Waals surface area contributed by atoms with Crippen molar-refractivity contribution in [2.24, 2.45) is 0 Å². The van der Waals surface area contributed by atoms with E-state index in [9.17, 15) is 9.59 Å². The Morgan fingerprint density at radius 2 is 1.81 bits per heavy atom. The summed E-state index contributed by atoms with van der Waals surface area (Å²) >= 11 is 0. The van der Waals surface area contributed by atoms with Crippen molar-refractivity contribution in [3.63, 3.8) is 0 Å². The summed E-state index contributed by atoms with van der Waals surface area (Å²) in [5.41, 5.74) is 2.73. The van der Waals surface area contributed by atoms with E-state index in [4.69, 9.17) is 9.15 Å². The summed E-state index contributed by atoms with van der Waals surface area (Å²) in [6, 6.07) is 18.4. The van der Waals surface area contributed by atoms with Crippen molar-refractivity contribution < 1.29 is 18.7 Å². The number of carbonyl (C=O) groups is 2. The first kappa shape index (κ1) is 21.9. The van der Waals surface area contributed by atoms with Gasteiger partial charge in [-0.1, -0.05) is 35.9 Å². The Morgan fingerprint density at radius 1 is 1.03 bits per heavy atom. The lowest BCUT2D eigenvalue weighted by Crippen LogP contribution is -2.35. The Bertz CT molecular complexity index is 1040. The van der Waals surface area contributed by atoms with Gasteiger partial charge in [0.25, 0.3) is 11.8 Å². The second-order valence-corrected chi connectivity index (χ2v) is 7.06. The molecule has 0 saturated carbocycles. The monoisotopic (exact) mass is 418 g/mol. The van der Waals surface area contributed by atoms with Gasteiger partial charge in [0.05, 0.1) is 13.4 Å². The van der Waals surface area contributed by atoms with Crippen LogP contribution in [0.15, 0.2) is 77.0 Å². The molecule has 0 aliphatic carbocycles. The lowest BCUT2D eigenvalue weighted by atomic mass is 10.1. The average Bonchev–Trinajstić information content (AvgIpc) is 3.30. The summed E-state index contributed by atoms with van der Waals surface area (Å²) in [5.74, 6) is 0.569. The maximum absolute atomic E-state index is 12.8. The van der Waals surface area contributed by atoms with Crippen LogP contribution in [0.5, 0.6) is 5.75 Å². The highest BCUT2D eigenvalue weighted by Gasteiger charge is 2.15. The summed E-state index contributed by atoms with van der Waals surface area (Å²) in [6.07, 6.45) is 4.52. The van der Waals surface area contributed by atoms with Crippen LogP contribution in [0.25, 0.3) is 6.08 Å². The number of benzene rings is 2. The standard InChI is InChI=1S/C25H26N2O4/c1-18-11-13-20(14-12-18)24(28)27-22(17-21-9-6-16-31-21)25(29)26-15-5-8-19-7-3-4-10-23(19)30-2/h3-4,6-7,9-14,16-17H,5,8,15H2,1-2H3,(H,26,29)(H,27,28)/b22-17-. The van der Waals surface area contributed by atoms with Gasteiger partial charge in [-0.3, -0.25) is 9.59 Å². The van der Waals surface area contributed by atoms with E-state index in [2.05, 4.69) is 10.6 Å². The van der Waals surface area contributed by atoms with Crippen molar-refractivity contribution in [3.8, 4) is 5.75 Å². The van der Waals surface area contributed by atoms with Crippen LogP contribution < -0.4 is 15.4 Å². The van der Waals surface area contributed by atoms with E-state index in [1.807, 2.05) is 43.3 Å². The van der Waals surface area contributed by atoms with Gasteiger partial charge in [-0.05, 0) is 55.7 Å². The van der Waals surface area contributed by atoms with Gasteiger partial charge in [0.1, 0.15) is 17.2 Å². The highest BCUT2D eigenvalue weighted by molar-refractivity contribution is 6.05. The Labute approximate surface area is 181 Å². The smallest absolute Gasteiger partial charge is 0.267 e. The molecule has 2 N–H and O–H groups in total. The number of hydrogen-bond donors (Lipinski definition) is 2. The van der Waals surface area contributed by atoms with Crippen LogP contribution in [0.4, 0.5) is 0 Å². The molecule has 0 bridgehead atoms. The van der Waals surface area contributed by atoms with Gasteiger partial charge in [0.15, 0.2) is 0 Å². The molecule has 1 heterocycles. The molecule has 31 heavy (non-hydrogen) atoms. The van der Waals surface area contributed by atoms with E-state index >= 15 is 0 Å². The molecule has 0 unspecified atom stereocenters. The Morgan fingerprint density at radius 3 is 2.52 bits per heavy atom. The summed E-state index contributed by atoms with van der Waals surface area (Å²) in [7, 11) is 1.64. The third-order valence-electron chi connectivity index (χ3n) is 4.74. The number of carbonyl (C=O) groups excluding carboxylic acids is 2. The molecule has 0 saturated heterocycles. The van der Waals surface area contributed by atoms with Crippen molar-refractivity contribution in [1.29, 1.82) is 0 Å². The van der Waals surface area contributed by atoms with Gasteiger partial charge < -0.3 is 19.8 Å². The van der Waals surface area contributed by atoms with Gasteiger partial charge in [0.2, 0.25) is 0 Å².